The summed E-state index contributed by atoms with van der Waals surface area (Å²) in [4.78, 5) is 9.10. The van der Waals surface area contributed by atoms with Crippen LogP contribution in [-0.2, 0) is 10.0 Å². The summed E-state index contributed by atoms with van der Waals surface area (Å²) in [7, 11) is -3.75. The molecule has 11 heteroatoms. The topological polar surface area (TPSA) is 127 Å². The zero-order valence-corrected chi connectivity index (χ0v) is 15.1. The lowest BCUT2D eigenvalue weighted by Gasteiger charge is -2.05. The fourth-order valence-corrected chi connectivity index (χ4v) is 4.10. The minimum atomic E-state index is -3.75. The summed E-state index contributed by atoms with van der Waals surface area (Å²) in [5.74, 6) is 1.92. The summed E-state index contributed by atoms with van der Waals surface area (Å²) in [6.45, 7) is 0. The Morgan fingerprint density at radius 3 is 2.84 bits per heavy atom. The highest BCUT2D eigenvalue weighted by Gasteiger charge is 2.25. The van der Waals surface area contributed by atoms with Crippen molar-refractivity contribution >= 4 is 44.6 Å². The Kier molecular flexibility index (Phi) is 3.99. The number of anilines is 2. The molecule has 0 bridgehead atoms. The molecule has 1 fully saturated rings. The van der Waals surface area contributed by atoms with Gasteiger partial charge >= 0.3 is 0 Å². The highest BCUT2D eigenvalue weighted by atomic mass is 35.5. The van der Waals surface area contributed by atoms with E-state index in [1.807, 2.05) is 6.07 Å². The van der Waals surface area contributed by atoms with E-state index >= 15 is 0 Å². The zero-order chi connectivity index (χ0) is 17.6. The normalized spacial score (nSPS) is 14.6. The molecule has 1 saturated carbocycles. The van der Waals surface area contributed by atoms with Gasteiger partial charge in [-0.25, -0.2) is 23.5 Å². The first kappa shape index (κ1) is 16.5. The van der Waals surface area contributed by atoms with Crippen molar-refractivity contribution in [2.24, 2.45) is 5.14 Å². The minimum absolute atomic E-state index is 0.0527. The van der Waals surface area contributed by atoms with E-state index < -0.39 is 10.0 Å². The predicted octanol–water partition coefficient (Wildman–Crippen LogP) is 2.85. The van der Waals surface area contributed by atoms with E-state index in [4.69, 9.17) is 16.7 Å². The molecule has 0 spiro atoms. The molecule has 0 aromatic carbocycles. The van der Waals surface area contributed by atoms with Crippen LogP contribution in [0.4, 0.5) is 11.6 Å². The van der Waals surface area contributed by atoms with Crippen molar-refractivity contribution < 1.29 is 8.42 Å². The Morgan fingerprint density at radius 1 is 1.36 bits per heavy atom. The average molecular weight is 397 g/mol. The lowest BCUT2D eigenvalue weighted by Crippen LogP contribution is -2.09. The Morgan fingerprint density at radius 2 is 2.16 bits per heavy atom. The van der Waals surface area contributed by atoms with Gasteiger partial charge in [-0.2, -0.15) is 5.10 Å². The maximum Gasteiger partial charge on any atom is 0.247 e. The maximum absolute atomic E-state index is 11.4. The largest absolute Gasteiger partial charge is 0.322 e. The van der Waals surface area contributed by atoms with Crippen molar-refractivity contribution in [1.29, 1.82) is 0 Å². The third-order valence-electron chi connectivity index (χ3n) is 3.69. The Labute approximate surface area is 152 Å². The van der Waals surface area contributed by atoms with Gasteiger partial charge in [-0.3, -0.25) is 5.10 Å². The standard InChI is InChI=1S/C14H13ClN6O2S2/c15-8-6-17-14(10-3-4-12(24-10)25(16,22)23)19-13(8)18-11-5-9(20-21-11)7-1-2-7/h3-7H,1-2H2,(H2,16,22,23)(H2,17,18,19,20,21). The number of nitrogens with one attached hydrogen (secondary N) is 2. The quantitative estimate of drug-likeness (QED) is 0.608. The van der Waals surface area contributed by atoms with E-state index in [-0.39, 0.29) is 4.21 Å². The van der Waals surface area contributed by atoms with Gasteiger partial charge in [0.15, 0.2) is 17.5 Å². The Hall–Kier alpha value is -2.01. The van der Waals surface area contributed by atoms with Gasteiger partial charge in [0.05, 0.1) is 11.1 Å². The first-order valence-electron chi connectivity index (χ1n) is 7.38. The first-order chi connectivity index (χ1) is 11.9. The fraction of sp³-hybridized carbons (Fsp3) is 0.214. The second-order valence-electron chi connectivity index (χ2n) is 5.66. The number of aromatic nitrogens is 4. The predicted molar refractivity (Wildman–Crippen MR) is 95.6 cm³/mol. The molecule has 0 saturated heterocycles. The van der Waals surface area contributed by atoms with Crippen LogP contribution in [0.1, 0.15) is 24.5 Å². The molecule has 3 heterocycles. The highest BCUT2D eigenvalue weighted by molar-refractivity contribution is 7.91. The second kappa shape index (κ2) is 6.06. The molecule has 0 aliphatic heterocycles. The average Bonchev–Trinajstić information content (AvgIpc) is 3.09. The van der Waals surface area contributed by atoms with E-state index in [2.05, 4.69) is 25.5 Å². The summed E-state index contributed by atoms with van der Waals surface area (Å²) < 4.78 is 22.9. The SMILES string of the molecule is NS(=O)(=O)c1ccc(-c2ncc(Cl)c(Nc3cc(C4CC4)[nH]n3)n2)s1. The summed E-state index contributed by atoms with van der Waals surface area (Å²) in [6, 6.07) is 4.97. The molecule has 4 rings (SSSR count). The van der Waals surface area contributed by atoms with E-state index in [1.165, 1.54) is 25.1 Å². The molecule has 0 unspecified atom stereocenters. The van der Waals surface area contributed by atoms with Gasteiger partial charge in [0.25, 0.3) is 0 Å². The number of hydrogen-bond acceptors (Lipinski definition) is 7. The second-order valence-corrected chi connectivity index (χ2v) is 8.94. The van der Waals surface area contributed by atoms with Crippen molar-refractivity contribution in [2.75, 3.05) is 5.32 Å². The number of thiophene rings is 1. The molecule has 130 valence electrons. The molecule has 3 aromatic heterocycles. The first-order valence-corrected chi connectivity index (χ1v) is 10.1. The van der Waals surface area contributed by atoms with E-state index in [9.17, 15) is 8.42 Å². The van der Waals surface area contributed by atoms with Crippen LogP contribution in [-0.4, -0.2) is 28.6 Å². The van der Waals surface area contributed by atoms with Crippen LogP contribution in [0.3, 0.4) is 0 Å². The molecule has 3 aromatic rings. The maximum atomic E-state index is 11.4. The summed E-state index contributed by atoms with van der Waals surface area (Å²) in [5.41, 5.74) is 1.09. The molecule has 1 aliphatic rings. The molecule has 0 amide bonds. The number of halogens is 1. The van der Waals surface area contributed by atoms with Gasteiger partial charge in [0, 0.05) is 17.7 Å². The number of primary sulfonamides is 1. The van der Waals surface area contributed by atoms with Crippen molar-refractivity contribution in [2.45, 2.75) is 23.0 Å². The number of sulfonamides is 1. The molecule has 8 nitrogen and oxygen atoms in total. The van der Waals surface area contributed by atoms with Gasteiger partial charge in [-0.05, 0) is 25.0 Å². The van der Waals surface area contributed by atoms with Gasteiger partial charge in [0.1, 0.15) is 9.23 Å². The summed E-state index contributed by atoms with van der Waals surface area (Å²) >= 11 is 7.15. The van der Waals surface area contributed by atoms with E-state index in [1.54, 1.807) is 6.07 Å². The molecule has 4 N–H and O–H groups in total. The van der Waals surface area contributed by atoms with Crippen molar-refractivity contribution in [3.63, 3.8) is 0 Å². The van der Waals surface area contributed by atoms with Crippen molar-refractivity contribution in [1.82, 2.24) is 20.2 Å². The third-order valence-corrected chi connectivity index (χ3v) is 6.48. The van der Waals surface area contributed by atoms with Crippen LogP contribution in [0.15, 0.2) is 28.6 Å². The lowest BCUT2D eigenvalue weighted by atomic mass is 10.3. The number of aromatic amines is 1. The van der Waals surface area contributed by atoms with Crippen LogP contribution in [0.25, 0.3) is 10.7 Å². The molecular weight excluding hydrogens is 384 g/mol. The van der Waals surface area contributed by atoms with Gasteiger partial charge in [0.2, 0.25) is 10.0 Å². The smallest absolute Gasteiger partial charge is 0.247 e. The number of nitrogens with zero attached hydrogens (tertiary/aromatic N) is 3. The van der Waals surface area contributed by atoms with Crippen molar-refractivity contribution in [3.8, 4) is 10.7 Å². The van der Waals surface area contributed by atoms with Crippen LogP contribution in [0.2, 0.25) is 5.02 Å². The monoisotopic (exact) mass is 396 g/mol. The number of nitrogens with two attached hydrogens (primary N) is 1. The highest BCUT2D eigenvalue weighted by Crippen LogP contribution is 2.40. The minimum Gasteiger partial charge on any atom is -0.322 e. The van der Waals surface area contributed by atoms with Gasteiger partial charge in [-0.1, -0.05) is 11.6 Å². The van der Waals surface area contributed by atoms with Crippen LogP contribution < -0.4 is 10.5 Å². The Balaban J connectivity index is 1.62. The summed E-state index contributed by atoms with van der Waals surface area (Å²) in [5, 5.41) is 15.7. The summed E-state index contributed by atoms with van der Waals surface area (Å²) in [6.07, 6.45) is 3.80. The number of rotatable bonds is 5. The van der Waals surface area contributed by atoms with Crippen LogP contribution in [0, 0.1) is 0 Å². The van der Waals surface area contributed by atoms with Crippen LogP contribution in [0.5, 0.6) is 0 Å². The third kappa shape index (κ3) is 3.52. The van der Waals surface area contributed by atoms with Crippen molar-refractivity contribution in [3.05, 3.63) is 35.1 Å². The van der Waals surface area contributed by atoms with Crippen LogP contribution >= 0.6 is 22.9 Å². The van der Waals surface area contributed by atoms with E-state index in [0.717, 1.165) is 17.0 Å². The molecule has 0 atom stereocenters. The van der Waals surface area contributed by atoms with Gasteiger partial charge < -0.3 is 5.32 Å². The number of H-pyrrole nitrogens is 1. The fourth-order valence-electron chi connectivity index (χ4n) is 2.29. The Bertz CT molecular complexity index is 1040. The molecule has 1 aliphatic carbocycles. The molecular formula is C14H13ClN6O2S2. The van der Waals surface area contributed by atoms with Gasteiger partial charge in [-0.15, -0.1) is 11.3 Å². The lowest BCUT2D eigenvalue weighted by molar-refractivity contribution is 0.600. The number of hydrogen-bond donors (Lipinski definition) is 3. The zero-order valence-electron chi connectivity index (χ0n) is 12.7. The molecule has 25 heavy (non-hydrogen) atoms. The van der Waals surface area contributed by atoms with E-state index in [0.29, 0.717) is 33.3 Å². The molecule has 0 radical (unpaired) electrons.